The molecule has 0 spiro atoms. The number of rotatable bonds is 5. The standard InChI is InChI=1S/C22H28FN5O2/c1-26-20-8-7-18(28-10-2-9-27(15-29)11-12-28)13-19(20)21(25-26)22(30)24-14-16-3-5-17(23)6-4-16/h3-6,15,18H,2,7-14H2,1H3,(H,24,30). The molecule has 2 aromatic rings. The van der Waals surface area contributed by atoms with Gasteiger partial charge in [-0.1, -0.05) is 12.1 Å². The number of fused-ring (bicyclic) bond motifs is 1. The number of hydrogen-bond donors (Lipinski definition) is 1. The molecule has 8 heteroatoms. The number of carbonyl (C=O) groups excluding carboxylic acids is 2. The first-order chi connectivity index (χ1) is 14.5. The first-order valence-electron chi connectivity index (χ1n) is 10.6. The summed E-state index contributed by atoms with van der Waals surface area (Å²) in [4.78, 5) is 28.3. The average molecular weight is 413 g/mol. The number of hydrogen-bond acceptors (Lipinski definition) is 4. The molecule has 1 aliphatic carbocycles. The maximum atomic E-state index is 13.1. The second-order valence-corrected chi connectivity index (χ2v) is 8.13. The molecule has 1 fully saturated rings. The van der Waals surface area contributed by atoms with E-state index in [1.54, 1.807) is 12.1 Å². The summed E-state index contributed by atoms with van der Waals surface area (Å²) >= 11 is 0. The highest BCUT2D eigenvalue weighted by atomic mass is 19.1. The van der Waals surface area contributed by atoms with E-state index in [1.807, 2.05) is 16.6 Å². The van der Waals surface area contributed by atoms with E-state index in [2.05, 4.69) is 15.3 Å². The van der Waals surface area contributed by atoms with Gasteiger partial charge in [-0.2, -0.15) is 5.10 Å². The molecule has 2 amide bonds. The van der Waals surface area contributed by atoms with Crippen molar-refractivity contribution in [3.8, 4) is 0 Å². The van der Waals surface area contributed by atoms with Gasteiger partial charge < -0.3 is 10.2 Å². The lowest BCUT2D eigenvalue weighted by Gasteiger charge is -2.33. The van der Waals surface area contributed by atoms with Crippen LogP contribution in [-0.2, 0) is 31.2 Å². The lowest BCUT2D eigenvalue weighted by molar-refractivity contribution is -0.118. The molecule has 1 aromatic carbocycles. The summed E-state index contributed by atoms with van der Waals surface area (Å²) in [6.07, 6.45) is 4.63. The van der Waals surface area contributed by atoms with E-state index in [-0.39, 0.29) is 11.7 Å². The van der Waals surface area contributed by atoms with Crippen molar-refractivity contribution in [2.75, 3.05) is 26.2 Å². The third-order valence-electron chi connectivity index (χ3n) is 6.24. The van der Waals surface area contributed by atoms with Gasteiger partial charge in [-0.05, 0) is 43.4 Å². The minimum absolute atomic E-state index is 0.195. The Morgan fingerprint density at radius 1 is 1.23 bits per heavy atom. The van der Waals surface area contributed by atoms with Crippen LogP contribution >= 0.6 is 0 Å². The molecule has 0 bridgehead atoms. The maximum Gasteiger partial charge on any atom is 0.272 e. The SMILES string of the molecule is Cn1nc(C(=O)NCc2ccc(F)cc2)c2c1CCC(N1CCCN(C=O)CC1)C2. The van der Waals surface area contributed by atoms with E-state index < -0.39 is 0 Å². The molecule has 1 saturated heterocycles. The maximum absolute atomic E-state index is 13.1. The highest BCUT2D eigenvalue weighted by Gasteiger charge is 2.31. The summed E-state index contributed by atoms with van der Waals surface area (Å²) in [6.45, 7) is 3.73. The Labute approximate surface area is 175 Å². The molecule has 1 aliphatic heterocycles. The van der Waals surface area contributed by atoms with Crippen LogP contribution in [0.4, 0.5) is 4.39 Å². The number of aromatic nitrogens is 2. The van der Waals surface area contributed by atoms with Gasteiger partial charge in [0.1, 0.15) is 5.82 Å². The molecule has 4 rings (SSSR count). The van der Waals surface area contributed by atoms with Crippen LogP contribution in [0.25, 0.3) is 0 Å². The number of carbonyl (C=O) groups is 2. The van der Waals surface area contributed by atoms with Crippen molar-refractivity contribution >= 4 is 12.3 Å². The zero-order valence-corrected chi connectivity index (χ0v) is 17.3. The summed E-state index contributed by atoms with van der Waals surface area (Å²) in [5.74, 6) is -0.487. The number of amides is 2. The molecule has 0 saturated carbocycles. The van der Waals surface area contributed by atoms with Crippen molar-refractivity contribution < 1.29 is 14.0 Å². The fourth-order valence-corrected chi connectivity index (χ4v) is 4.56. The zero-order valence-electron chi connectivity index (χ0n) is 17.3. The van der Waals surface area contributed by atoms with Gasteiger partial charge in [0.05, 0.1) is 0 Å². The normalized spacial score (nSPS) is 19.8. The average Bonchev–Trinajstić information content (AvgIpc) is 2.93. The molecule has 0 radical (unpaired) electrons. The van der Waals surface area contributed by atoms with Gasteiger partial charge in [0, 0.05) is 57.1 Å². The van der Waals surface area contributed by atoms with Gasteiger partial charge in [0.2, 0.25) is 6.41 Å². The summed E-state index contributed by atoms with van der Waals surface area (Å²) in [5.41, 5.74) is 3.49. The van der Waals surface area contributed by atoms with Crippen molar-refractivity contribution in [2.45, 2.75) is 38.3 Å². The minimum Gasteiger partial charge on any atom is -0.347 e. The van der Waals surface area contributed by atoms with E-state index in [9.17, 15) is 14.0 Å². The molecule has 1 atom stereocenters. The lowest BCUT2D eigenvalue weighted by atomic mass is 9.90. The molecule has 1 aromatic heterocycles. The van der Waals surface area contributed by atoms with Crippen molar-refractivity contribution in [2.24, 2.45) is 7.05 Å². The van der Waals surface area contributed by atoms with Crippen molar-refractivity contribution in [3.05, 3.63) is 52.6 Å². The van der Waals surface area contributed by atoms with Crippen LogP contribution in [-0.4, -0.2) is 64.1 Å². The van der Waals surface area contributed by atoms with Gasteiger partial charge in [0.25, 0.3) is 5.91 Å². The van der Waals surface area contributed by atoms with Crippen LogP contribution in [0.1, 0.15) is 40.2 Å². The third kappa shape index (κ3) is 4.38. The predicted molar refractivity (Wildman–Crippen MR) is 110 cm³/mol. The zero-order chi connectivity index (χ0) is 21.1. The van der Waals surface area contributed by atoms with E-state index >= 15 is 0 Å². The second kappa shape index (κ2) is 8.95. The van der Waals surface area contributed by atoms with Crippen LogP contribution in [0.3, 0.4) is 0 Å². The van der Waals surface area contributed by atoms with Crippen LogP contribution in [0.15, 0.2) is 24.3 Å². The Hall–Kier alpha value is -2.74. The number of aryl methyl sites for hydroxylation is 1. The molecule has 30 heavy (non-hydrogen) atoms. The molecular formula is C22H28FN5O2. The first-order valence-corrected chi connectivity index (χ1v) is 10.6. The van der Waals surface area contributed by atoms with Crippen molar-refractivity contribution in [1.29, 1.82) is 0 Å². The Kier molecular flexibility index (Phi) is 6.13. The van der Waals surface area contributed by atoms with Crippen molar-refractivity contribution in [1.82, 2.24) is 24.9 Å². The predicted octanol–water partition coefficient (Wildman–Crippen LogP) is 1.51. The Bertz CT molecular complexity index is 911. The van der Waals surface area contributed by atoms with Crippen molar-refractivity contribution in [3.63, 3.8) is 0 Å². The summed E-state index contributed by atoms with van der Waals surface area (Å²) < 4.78 is 14.9. The number of nitrogens with one attached hydrogen (secondary N) is 1. The topological polar surface area (TPSA) is 70.5 Å². The fraction of sp³-hybridized carbons (Fsp3) is 0.500. The Balaban J connectivity index is 1.45. The summed E-state index contributed by atoms with van der Waals surface area (Å²) in [7, 11) is 1.89. The quantitative estimate of drug-likeness (QED) is 0.755. The van der Waals surface area contributed by atoms with Gasteiger partial charge in [-0.3, -0.25) is 19.2 Å². The van der Waals surface area contributed by atoms with Crippen LogP contribution in [0.5, 0.6) is 0 Å². The van der Waals surface area contributed by atoms with E-state index in [4.69, 9.17) is 0 Å². The second-order valence-electron chi connectivity index (χ2n) is 8.13. The van der Waals surface area contributed by atoms with Crippen LogP contribution < -0.4 is 5.32 Å². The van der Waals surface area contributed by atoms with E-state index in [1.165, 1.54) is 12.1 Å². The summed E-state index contributed by atoms with van der Waals surface area (Å²) in [5, 5.41) is 7.43. The molecule has 160 valence electrons. The number of halogens is 1. The highest BCUT2D eigenvalue weighted by Crippen LogP contribution is 2.27. The van der Waals surface area contributed by atoms with Gasteiger partial charge >= 0.3 is 0 Å². The fourth-order valence-electron chi connectivity index (χ4n) is 4.56. The molecular weight excluding hydrogens is 385 g/mol. The van der Waals surface area contributed by atoms with E-state index in [0.29, 0.717) is 18.3 Å². The first kappa shape index (κ1) is 20.5. The molecule has 2 heterocycles. The molecule has 1 unspecified atom stereocenters. The highest BCUT2D eigenvalue weighted by molar-refractivity contribution is 5.94. The smallest absolute Gasteiger partial charge is 0.272 e. The van der Waals surface area contributed by atoms with Gasteiger partial charge in [-0.25, -0.2) is 4.39 Å². The molecule has 2 aliphatic rings. The Morgan fingerprint density at radius 2 is 2.03 bits per heavy atom. The molecule has 1 N–H and O–H groups in total. The van der Waals surface area contributed by atoms with Gasteiger partial charge in [0.15, 0.2) is 5.69 Å². The largest absolute Gasteiger partial charge is 0.347 e. The summed E-state index contributed by atoms with van der Waals surface area (Å²) in [6, 6.07) is 6.48. The van der Waals surface area contributed by atoms with Crippen LogP contribution in [0, 0.1) is 5.82 Å². The minimum atomic E-state index is -0.292. The molecule has 7 nitrogen and oxygen atoms in total. The van der Waals surface area contributed by atoms with E-state index in [0.717, 1.165) is 75.1 Å². The van der Waals surface area contributed by atoms with Gasteiger partial charge in [-0.15, -0.1) is 0 Å². The van der Waals surface area contributed by atoms with Crippen LogP contribution in [0.2, 0.25) is 0 Å². The number of benzene rings is 1. The third-order valence-corrected chi connectivity index (χ3v) is 6.24. The number of nitrogens with zero attached hydrogens (tertiary/aromatic N) is 4. The lowest BCUT2D eigenvalue weighted by Crippen LogP contribution is -2.42. The monoisotopic (exact) mass is 413 g/mol. The Morgan fingerprint density at radius 3 is 2.80 bits per heavy atom.